The molecular weight excluding hydrogens is 355 g/mol. The predicted molar refractivity (Wildman–Crippen MR) is 90.4 cm³/mol. The Morgan fingerprint density at radius 2 is 1.83 bits per heavy atom. The number of carboxylic acid groups (broad SMARTS) is 1. The molecule has 0 aromatic heterocycles. The zero-order valence-electron chi connectivity index (χ0n) is 13.3. The molecule has 24 heavy (non-hydrogen) atoms. The first-order chi connectivity index (χ1) is 11.2. The highest BCUT2D eigenvalue weighted by molar-refractivity contribution is 6.35. The second kappa shape index (κ2) is 7.40. The lowest BCUT2D eigenvalue weighted by atomic mass is 10.1. The van der Waals surface area contributed by atoms with Crippen LogP contribution in [0.25, 0.3) is 0 Å². The summed E-state index contributed by atoms with van der Waals surface area (Å²) in [4.78, 5) is 39.0. The molecular formula is C16H18Cl2N2O4. The lowest BCUT2D eigenvalue weighted by Crippen LogP contribution is -2.50. The van der Waals surface area contributed by atoms with E-state index in [0.717, 1.165) is 4.90 Å². The molecule has 0 saturated carbocycles. The van der Waals surface area contributed by atoms with Gasteiger partial charge < -0.3 is 14.9 Å². The minimum Gasteiger partial charge on any atom is -0.480 e. The highest BCUT2D eigenvalue weighted by Crippen LogP contribution is 2.25. The number of likely N-dealkylation sites (tertiary alicyclic amines) is 1. The van der Waals surface area contributed by atoms with Gasteiger partial charge in [-0.25, -0.2) is 4.79 Å². The van der Waals surface area contributed by atoms with Crippen molar-refractivity contribution in [3.8, 4) is 0 Å². The minimum absolute atomic E-state index is 0.307. The number of hydrogen-bond donors (Lipinski definition) is 1. The van der Waals surface area contributed by atoms with Crippen LogP contribution in [0.2, 0.25) is 10.0 Å². The quantitative estimate of drug-likeness (QED) is 0.880. The number of aliphatic carboxylic acids is 1. The van der Waals surface area contributed by atoms with E-state index >= 15 is 0 Å². The van der Waals surface area contributed by atoms with Crippen molar-refractivity contribution in [1.82, 2.24) is 9.80 Å². The van der Waals surface area contributed by atoms with Crippen molar-refractivity contribution >= 4 is 41.0 Å². The van der Waals surface area contributed by atoms with Crippen LogP contribution in [0.1, 0.15) is 30.1 Å². The first-order valence-electron chi connectivity index (χ1n) is 7.49. The maximum atomic E-state index is 12.7. The summed E-state index contributed by atoms with van der Waals surface area (Å²) in [5, 5.41) is 9.73. The summed E-state index contributed by atoms with van der Waals surface area (Å²) in [6.45, 7) is 1.85. The Morgan fingerprint density at radius 1 is 1.25 bits per heavy atom. The van der Waals surface area contributed by atoms with Crippen LogP contribution in [0, 0.1) is 0 Å². The lowest BCUT2D eigenvalue weighted by molar-refractivity contribution is -0.149. The number of amides is 2. The van der Waals surface area contributed by atoms with Gasteiger partial charge in [-0.1, -0.05) is 23.2 Å². The average molecular weight is 373 g/mol. The molecule has 1 aromatic carbocycles. The van der Waals surface area contributed by atoms with Gasteiger partial charge in [0, 0.05) is 29.2 Å². The molecule has 0 aliphatic carbocycles. The van der Waals surface area contributed by atoms with Crippen molar-refractivity contribution in [2.24, 2.45) is 0 Å². The number of rotatable bonds is 4. The van der Waals surface area contributed by atoms with Gasteiger partial charge in [0.25, 0.3) is 5.91 Å². The molecule has 1 fully saturated rings. The zero-order chi connectivity index (χ0) is 18.0. The predicted octanol–water partition coefficient (Wildman–Crippen LogP) is 2.53. The molecule has 0 bridgehead atoms. The molecule has 6 nitrogen and oxygen atoms in total. The SMILES string of the molecule is CC(C(=O)O)N(C)C(=O)C1CCCN1C(=O)c1cc(Cl)cc(Cl)c1. The number of hydrogen-bond acceptors (Lipinski definition) is 3. The van der Waals surface area contributed by atoms with Crippen molar-refractivity contribution in [2.75, 3.05) is 13.6 Å². The molecule has 0 radical (unpaired) electrons. The van der Waals surface area contributed by atoms with Crippen molar-refractivity contribution in [2.45, 2.75) is 31.8 Å². The summed E-state index contributed by atoms with van der Waals surface area (Å²) in [7, 11) is 1.43. The van der Waals surface area contributed by atoms with Crippen LogP contribution in [-0.4, -0.2) is 58.4 Å². The highest BCUT2D eigenvalue weighted by Gasteiger charge is 2.38. The molecule has 0 spiro atoms. The van der Waals surface area contributed by atoms with E-state index in [2.05, 4.69) is 0 Å². The van der Waals surface area contributed by atoms with E-state index in [1.807, 2.05) is 0 Å². The number of likely N-dealkylation sites (N-methyl/N-ethyl adjacent to an activating group) is 1. The van der Waals surface area contributed by atoms with Gasteiger partial charge in [-0.05, 0) is 38.0 Å². The Hall–Kier alpha value is -1.79. The summed E-state index contributed by atoms with van der Waals surface area (Å²) < 4.78 is 0. The fourth-order valence-electron chi connectivity index (χ4n) is 2.70. The van der Waals surface area contributed by atoms with Gasteiger partial charge in [0.1, 0.15) is 12.1 Å². The third-order valence-corrected chi connectivity index (χ3v) is 4.63. The number of benzene rings is 1. The fraction of sp³-hybridized carbons (Fsp3) is 0.438. The van der Waals surface area contributed by atoms with Gasteiger partial charge in [0.15, 0.2) is 0 Å². The Kier molecular flexibility index (Phi) is 5.72. The van der Waals surface area contributed by atoms with Crippen molar-refractivity contribution in [1.29, 1.82) is 0 Å². The summed E-state index contributed by atoms with van der Waals surface area (Å²) in [5.41, 5.74) is 0.307. The van der Waals surface area contributed by atoms with Crippen LogP contribution in [-0.2, 0) is 9.59 Å². The fourth-order valence-corrected chi connectivity index (χ4v) is 3.23. The first kappa shape index (κ1) is 18.5. The number of carboxylic acids is 1. The van der Waals surface area contributed by atoms with E-state index in [0.29, 0.717) is 35.0 Å². The number of halogens is 2. The summed E-state index contributed by atoms with van der Waals surface area (Å²) >= 11 is 11.9. The topological polar surface area (TPSA) is 77.9 Å². The van der Waals surface area contributed by atoms with E-state index in [4.69, 9.17) is 28.3 Å². The number of carbonyl (C=O) groups is 3. The average Bonchev–Trinajstić information content (AvgIpc) is 3.00. The molecule has 8 heteroatoms. The van der Waals surface area contributed by atoms with Gasteiger partial charge in [0.2, 0.25) is 5.91 Å². The maximum absolute atomic E-state index is 12.7. The van der Waals surface area contributed by atoms with Crippen LogP contribution < -0.4 is 0 Å². The van der Waals surface area contributed by atoms with Crippen molar-refractivity contribution < 1.29 is 19.5 Å². The van der Waals surface area contributed by atoms with E-state index in [-0.39, 0.29) is 11.8 Å². The van der Waals surface area contributed by atoms with E-state index in [9.17, 15) is 14.4 Å². The van der Waals surface area contributed by atoms with E-state index in [1.165, 1.54) is 37.1 Å². The number of nitrogens with zero attached hydrogens (tertiary/aromatic N) is 2. The first-order valence-corrected chi connectivity index (χ1v) is 8.24. The molecule has 2 rings (SSSR count). The zero-order valence-corrected chi connectivity index (χ0v) is 14.8. The highest BCUT2D eigenvalue weighted by atomic mass is 35.5. The third-order valence-electron chi connectivity index (χ3n) is 4.19. The van der Waals surface area contributed by atoms with Crippen LogP contribution in [0.3, 0.4) is 0 Å². The van der Waals surface area contributed by atoms with Gasteiger partial charge in [-0.15, -0.1) is 0 Å². The summed E-state index contributed by atoms with van der Waals surface area (Å²) in [5.74, 6) is -1.82. The van der Waals surface area contributed by atoms with Gasteiger partial charge in [-0.3, -0.25) is 9.59 Å². The largest absolute Gasteiger partial charge is 0.480 e. The second-order valence-corrected chi connectivity index (χ2v) is 6.65. The van der Waals surface area contributed by atoms with E-state index < -0.39 is 18.1 Å². The van der Waals surface area contributed by atoms with Gasteiger partial charge in [-0.2, -0.15) is 0 Å². The normalized spacial score (nSPS) is 18.3. The lowest BCUT2D eigenvalue weighted by Gasteiger charge is -2.30. The molecule has 2 amide bonds. The van der Waals surface area contributed by atoms with Gasteiger partial charge >= 0.3 is 5.97 Å². The summed E-state index contributed by atoms with van der Waals surface area (Å²) in [6, 6.07) is 2.88. The third kappa shape index (κ3) is 3.82. The minimum atomic E-state index is -1.09. The molecule has 2 unspecified atom stereocenters. The van der Waals surface area contributed by atoms with Crippen molar-refractivity contribution in [3.63, 3.8) is 0 Å². The van der Waals surface area contributed by atoms with Gasteiger partial charge in [0.05, 0.1) is 0 Å². The smallest absolute Gasteiger partial charge is 0.326 e. The molecule has 1 aromatic rings. The molecule has 1 aliphatic rings. The second-order valence-electron chi connectivity index (χ2n) is 5.78. The van der Waals surface area contributed by atoms with E-state index in [1.54, 1.807) is 0 Å². The van der Waals surface area contributed by atoms with Crippen molar-refractivity contribution in [3.05, 3.63) is 33.8 Å². The van der Waals surface area contributed by atoms with Crippen LogP contribution >= 0.6 is 23.2 Å². The van der Waals surface area contributed by atoms with Crippen LogP contribution in [0.4, 0.5) is 0 Å². The monoisotopic (exact) mass is 372 g/mol. The Morgan fingerprint density at radius 3 is 2.38 bits per heavy atom. The standard InChI is InChI=1S/C16H18Cl2N2O4/c1-9(16(23)24)19(2)15(22)13-4-3-5-20(13)14(21)10-6-11(17)8-12(18)7-10/h6-9,13H,3-5H2,1-2H3,(H,23,24). The molecule has 1 saturated heterocycles. The molecule has 130 valence electrons. The maximum Gasteiger partial charge on any atom is 0.326 e. The van der Waals surface area contributed by atoms with Crippen LogP contribution in [0.5, 0.6) is 0 Å². The molecule has 1 N–H and O–H groups in total. The summed E-state index contributed by atoms with van der Waals surface area (Å²) in [6.07, 6.45) is 1.17. The Labute approximate surface area is 149 Å². The Bertz CT molecular complexity index is 660. The molecule has 2 atom stereocenters. The number of carbonyl (C=O) groups excluding carboxylic acids is 2. The molecule has 1 aliphatic heterocycles. The Balaban J connectivity index is 2.22. The van der Waals surface area contributed by atoms with Crippen LogP contribution in [0.15, 0.2) is 18.2 Å². The molecule has 1 heterocycles.